The van der Waals surface area contributed by atoms with Gasteiger partial charge in [-0.05, 0) is 6.92 Å². The summed E-state index contributed by atoms with van der Waals surface area (Å²) in [4.78, 5) is 28.5. The SMILES string of the molecule is CC(C#N)CN(C)C(=O)C1CC(C(=O)O)=NO1. The Hall–Kier alpha value is -2.10. The van der Waals surface area contributed by atoms with Crippen LogP contribution in [-0.2, 0) is 14.4 Å². The van der Waals surface area contributed by atoms with Gasteiger partial charge in [-0.25, -0.2) is 4.79 Å². The maximum Gasteiger partial charge on any atom is 0.353 e. The molecule has 2 unspecified atom stereocenters. The largest absolute Gasteiger partial charge is 0.477 e. The van der Waals surface area contributed by atoms with Crippen molar-refractivity contribution in [2.75, 3.05) is 13.6 Å². The normalized spacial score (nSPS) is 19.8. The molecule has 0 saturated carbocycles. The monoisotopic (exact) mass is 239 g/mol. The topological polar surface area (TPSA) is 103 Å². The van der Waals surface area contributed by atoms with Crippen LogP contribution in [0.5, 0.6) is 0 Å². The highest BCUT2D eigenvalue weighted by Gasteiger charge is 2.33. The van der Waals surface area contributed by atoms with Crippen molar-refractivity contribution in [1.82, 2.24) is 4.90 Å². The minimum atomic E-state index is -1.19. The predicted molar refractivity (Wildman–Crippen MR) is 57.0 cm³/mol. The summed E-state index contributed by atoms with van der Waals surface area (Å²) < 4.78 is 0. The van der Waals surface area contributed by atoms with Crippen molar-refractivity contribution in [3.63, 3.8) is 0 Å². The van der Waals surface area contributed by atoms with Crippen LogP contribution < -0.4 is 0 Å². The molecule has 0 radical (unpaired) electrons. The van der Waals surface area contributed by atoms with Crippen LogP contribution in [0, 0.1) is 17.2 Å². The Morgan fingerprint density at radius 1 is 1.76 bits per heavy atom. The molecule has 0 saturated heterocycles. The lowest BCUT2D eigenvalue weighted by atomic mass is 10.1. The summed E-state index contributed by atoms with van der Waals surface area (Å²) in [6, 6.07) is 2.01. The van der Waals surface area contributed by atoms with E-state index in [0.29, 0.717) is 0 Å². The molecule has 0 fully saturated rings. The summed E-state index contributed by atoms with van der Waals surface area (Å²) in [6.45, 7) is 1.97. The van der Waals surface area contributed by atoms with Crippen molar-refractivity contribution in [3.8, 4) is 6.07 Å². The van der Waals surface area contributed by atoms with Crippen LogP contribution in [-0.4, -0.2) is 47.3 Å². The fourth-order valence-electron chi connectivity index (χ4n) is 1.42. The van der Waals surface area contributed by atoms with Crippen LogP contribution in [0.4, 0.5) is 0 Å². The van der Waals surface area contributed by atoms with E-state index in [4.69, 9.17) is 15.2 Å². The van der Waals surface area contributed by atoms with Crippen molar-refractivity contribution in [2.24, 2.45) is 11.1 Å². The summed E-state index contributed by atoms with van der Waals surface area (Å²) in [5.74, 6) is -1.84. The van der Waals surface area contributed by atoms with E-state index in [1.165, 1.54) is 11.9 Å². The number of aliphatic carboxylic acids is 1. The molecule has 1 heterocycles. The zero-order valence-electron chi connectivity index (χ0n) is 9.58. The van der Waals surface area contributed by atoms with Gasteiger partial charge in [0.15, 0.2) is 5.71 Å². The Morgan fingerprint density at radius 2 is 2.41 bits per heavy atom. The van der Waals surface area contributed by atoms with Crippen LogP contribution in [0.3, 0.4) is 0 Å². The van der Waals surface area contributed by atoms with E-state index < -0.39 is 12.1 Å². The van der Waals surface area contributed by atoms with Crippen molar-refractivity contribution in [1.29, 1.82) is 5.26 Å². The third-order valence-electron chi connectivity index (χ3n) is 2.34. The summed E-state index contributed by atoms with van der Waals surface area (Å²) in [5, 5.41) is 20.6. The number of oxime groups is 1. The molecule has 7 nitrogen and oxygen atoms in total. The first-order valence-electron chi connectivity index (χ1n) is 5.06. The second kappa shape index (κ2) is 5.30. The average molecular weight is 239 g/mol. The van der Waals surface area contributed by atoms with Gasteiger partial charge in [-0.3, -0.25) is 4.79 Å². The summed E-state index contributed by atoms with van der Waals surface area (Å²) in [6.07, 6.45) is -0.934. The maximum absolute atomic E-state index is 11.8. The van der Waals surface area contributed by atoms with Gasteiger partial charge in [-0.1, -0.05) is 5.16 Å². The lowest BCUT2D eigenvalue weighted by Crippen LogP contribution is -2.39. The molecule has 1 aliphatic heterocycles. The number of nitriles is 1. The van der Waals surface area contributed by atoms with Crippen molar-refractivity contribution in [3.05, 3.63) is 0 Å². The molecule has 0 aliphatic carbocycles. The molecule has 92 valence electrons. The van der Waals surface area contributed by atoms with Gasteiger partial charge in [0.25, 0.3) is 5.91 Å². The second-order valence-electron chi connectivity index (χ2n) is 3.89. The Balaban J connectivity index is 2.51. The van der Waals surface area contributed by atoms with E-state index in [2.05, 4.69) is 5.16 Å². The molecule has 0 bridgehead atoms. The van der Waals surface area contributed by atoms with E-state index in [0.717, 1.165) is 0 Å². The highest BCUT2D eigenvalue weighted by atomic mass is 16.6. The van der Waals surface area contributed by atoms with Gasteiger partial charge in [0, 0.05) is 20.0 Å². The first-order chi connectivity index (χ1) is 7.95. The molecule has 0 aromatic rings. The second-order valence-corrected chi connectivity index (χ2v) is 3.89. The van der Waals surface area contributed by atoms with Gasteiger partial charge < -0.3 is 14.8 Å². The maximum atomic E-state index is 11.8. The van der Waals surface area contributed by atoms with E-state index in [1.54, 1.807) is 6.92 Å². The smallest absolute Gasteiger partial charge is 0.353 e. The molecule has 2 atom stereocenters. The molecule has 7 heteroatoms. The number of carbonyl (C=O) groups is 2. The van der Waals surface area contributed by atoms with Crippen molar-refractivity contribution in [2.45, 2.75) is 19.4 Å². The number of carbonyl (C=O) groups excluding carboxylic acids is 1. The quantitative estimate of drug-likeness (QED) is 0.733. The van der Waals surface area contributed by atoms with E-state index in [9.17, 15) is 9.59 Å². The minimum Gasteiger partial charge on any atom is -0.477 e. The Kier molecular flexibility index (Phi) is 4.04. The van der Waals surface area contributed by atoms with Crippen LogP contribution in [0.25, 0.3) is 0 Å². The predicted octanol–water partition coefficient (Wildman–Crippen LogP) is -0.166. The summed E-state index contributed by atoms with van der Waals surface area (Å²) in [7, 11) is 1.54. The third-order valence-corrected chi connectivity index (χ3v) is 2.34. The highest BCUT2D eigenvalue weighted by molar-refractivity contribution is 6.36. The van der Waals surface area contributed by atoms with Gasteiger partial charge >= 0.3 is 5.97 Å². The number of carboxylic acid groups (broad SMARTS) is 1. The standard InChI is InChI=1S/C10H13N3O4/c1-6(4-11)5-13(2)9(14)8-3-7(10(15)16)12-17-8/h6,8H,3,5H2,1-2H3,(H,15,16). The van der Waals surface area contributed by atoms with Gasteiger partial charge in [0.2, 0.25) is 6.10 Å². The molecule has 1 N–H and O–H groups in total. The average Bonchev–Trinajstić information content (AvgIpc) is 2.77. The molecule has 0 aromatic heterocycles. The summed E-state index contributed by atoms with van der Waals surface area (Å²) >= 11 is 0. The zero-order chi connectivity index (χ0) is 13.0. The first-order valence-corrected chi connectivity index (χ1v) is 5.06. The molecule has 1 rings (SSSR count). The number of hydrogen-bond acceptors (Lipinski definition) is 5. The van der Waals surface area contributed by atoms with Crippen molar-refractivity contribution >= 4 is 17.6 Å². The first kappa shape index (κ1) is 13.0. The number of carboxylic acids is 1. The lowest BCUT2D eigenvalue weighted by Gasteiger charge is -2.20. The highest BCUT2D eigenvalue weighted by Crippen LogP contribution is 2.13. The Labute approximate surface area is 98.3 Å². The number of nitrogens with zero attached hydrogens (tertiary/aromatic N) is 3. The Bertz CT molecular complexity index is 399. The molecule has 0 aromatic carbocycles. The van der Waals surface area contributed by atoms with E-state index in [-0.39, 0.29) is 30.5 Å². The van der Waals surface area contributed by atoms with Gasteiger partial charge in [-0.15, -0.1) is 0 Å². The fourth-order valence-corrected chi connectivity index (χ4v) is 1.42. The zero-order valence-corrected chi connectivity index (χ0v) is 9.58. The van der Waals surface area contributed by atoms with Crippen LogP contribution >= 0.6 is 0 Å². The number of likely N-dealkylation sites (N-methyl/N-ethyl adjacent to an activating group) is 1. The fraction of sp³-hybridized carbons (Fsp3) is 0.600. The van der Waals surface area contributed by atoms with Gasteiger partial charge in [-0.2, -0.15) is 5.26 Å². The minimum absolute atomic E-state index is 0.0422. The molecule has 1 amide bonds. The number of hydrogen-bond donors (Lipinski definition) is 1. The van der Waals surface area contributed by atoms with Crippen LogP contribution in [0.2, 0.25) is 0 Å². The van der Waals surface area contributed by atoms with Crippen LogP contribution in [0.15, 0.2) is 5.16 Å². The van der Waals surface area contributed by atoms with Crippen LogP contribution in [0.1, 0.15) is 13.3 Å². The number of rotatable bonds is 4. The molecule has 0 spiro atoms. The van der Waals surface area contributed by atoms with E-state index >= 15 is 0 Å². The molecular weight excluding hydrogens is 226 g/mol. The summed E-state index contributed by atoms with van der Waals surface area (Å²) in [5.41, 5.74) is -0.162. The van der Waals surface area contributed by atoms with Gasteiger partial charge in [0.1, 0.15) is 0 Å². The lowest BCUT2D eigenvalue weighted by molar-refractivity contribution is -0.141. The Morgan fingerprint density at radius 3 is 2.88 bits per heavy atom. The van der Waals surface area contributed by atoms with Gasteiger partial charge in [0.05, 0.1) is 12.0 Å². The molecular formula is C10H13N3O4. The number of amides is 1. The molecule has 1 aliphatic rings. The molecule has 17 heavy (non-hydrogen) atoms. The third kappa shape index (κ3) is 3.17. The van der Waals surface area contributed by atoms with E-state index in [1.807, 2.05) is 6.07 Å². The van der Waals surface area contributed by atoms with Crippen molar-refractivity contribution < 1.29 is 19.5 Å².